The van der Waals surface area contributed by atoms with Crippen LogP contribution in [0.15, 0.2) is 95.9 Å². The maximum Gasteiger partial charge on any atom is 0.282 e. The summed E-state index contributed by atoms with van der Waals surface area (Å²) in [6.07, 6.45) is 0.880. The number of hydrogen-bond acceptors (Lipinski definition) is 4. The summed E-state index contributed by atoms with van der Waals surface area (Å²) in [6.45, 7) is 0. The van der Waals surface area contributed by atoms with Crippen molar-refractivity contribution >= 4 is 45.5 Å². The van der Waals surface area contributed by atoms with Gasteiger partial charge in [0.2, 0.25) is 0 Å². The first-order valence-corrected chi connectivity index (χ1v) is 12.8. The topological polar surface area (TPSA) is 55.2 Å². The van der Waals surface area contributed by atoms with Crippen LogP contribution >= 0.6 is 23.4 Å². The van der Waals surface area contributed by atoms with Gasteiger partial charge in [0.05, 0.1) is 21.2 Å². The number of halogens is 1. The Morgan fingerprint density at radius 2 is 1.65 bits per heavy atom. The Hall–Kier alpha value is -3.02. The van der Waals surface area contributed by atoms with Gasteiger partial charge in [-0.05, 0) is 46.4 Å². The van der Waals surface area contributed by atoms with E-state index in [2.05, 4.69) is 66.0 Å². The first kappa shape index (κ1) is 21.5. The molecule has 0 aromatic heterocycles. The number of para-hydroxylation sites is 1. The van der Waals surface area contributed by atoms with Gasteiger partial charge in [0.15, 0.2) is 0 Å². The molecule has 34 heavy (non-hydrogen) atoms. The Bertz CT molecular complexity index is 1380. The molecule has 0 radical (unpaired) electrons. The van der Waals surface area contributed by atoms with E-state index in [0.29, 0.717) is 4.90 Å². The molecule has 0 saturated heterocycles. The maximum atomic E-state index is 11.6. The molecule has 0 bridgehead atoms. The molecule has 0 spiro atoms. The molecule has 1 saturated carbocycles. The van der Waals surface area contributed by atoms with Crippen molar-refractivity contribution < 1.29 is 4.92 Å². The molecule has 1 aliphatic carbocycles. The average Bonchev–Trinajstić information content (AvgIpc) is 3.19. The molecule has 1 aliphatic heterocycles. The fraction of sp³-hybridized carbons (Fsp3) is 0.214. The van der Waals surface area contributed by atoms with Gasteiger partial charge in [-0.1, -0.05) is 72.8 Å². The summed E-state index contributed by atoms with van der Waals surface area (Å²) < 4.78 is 0. The van der Waals surface area contributed by atoms with E-state index in [1.165, 1.54) is 21.9 Å². The highest BCUT2D eigenvalue weighted by atomic mass is 35.5. The summed E-state index contributed by atoms with van der Waals surface area (Å²) in [5.41, 5.74) is 3.81. The fourth-order valence-electron chi connectivity index (χ4n) is 5.76. The lowest BCUT2D eigenvalue weighted by molar-refractivity contribution is -0.387. The lowest BCUT2D eigenvalue weighted by atomic mass is 9.75. The Morgan fingerprint density at radius 3 is 2.47 bits per heavy atom. The summed E-state index contributed by atoms with van der Waals surface area (Å²) in [4.78, 5) is 12.0. The second-order valence-electron chi connectivity index (χ2n) is 9.03. The molecular weight excluding hydrogens is 464 g/mol. The molecule has 4 aromatic rings. The molecular formula is C28H23ClN2O2S. The number of fused-ring (bicyclic) bond motifs is 5. The van der Waals surface area contributed by atoms with Gasteiger partial charge in [-0.2, -0.15) is 0 Å². The number of rotatable bonds is 4. The van der Waals surface area contributed by atoms with Gasteiger partial charge in [0.1, 0.15) is 0 Å². The average molecular weight is 487 g/mol. The summed E-state index contributed by atoms with van der Waals surface area (Å²) in [5.74, 6) is 0.429. The quantitative estimate of drug-likeness (QED) is 0.182. The van der Waals surface area contributed by atoms with E-state index in [1.807, 2.05) is 18.2 Å². The van der Waals surface area contributed by atoms with Crippen LogP contribution in [0.3, 0.4) is 0 Å². The second-order valence-corrected chi connectivity index (χ2v) is 10.8. The molecule has 1 fully saturated rings. The smallest absolute Gasteiger partial charge is 0.282 e. The van der Waals surface area contributed by atoms with E-state index in [0.717, 1.165) is 12.1 Å². The van der Waals surface area contributed by atoms with Crippen molar-refractivity contribution in [1.29, 1.82) is 0 Å². The van der Waals surface area contributed by atoms with E-state index in [9.17, 15) is 10.1 Å². The zero-order valence-electron chi connectivity index (χ0n) is 18.3. The third-order valence-electron chi connectivity index (χ3n) is 7.21. The summed E-state index contributed by atoms with van der Waals surface area (Å²) in [5, 5.41) is 17.8. The third-order valence-corrected chi connectivity index (χ3v) is 9.32. The minimum absolute atomic E-state index is 0.0655. The molecule has 4 nitrogen and oxygen atoms in total. The van der Waals surface area contributed by atoms with Crippen LogP contribution in [0, 0.1) is 16.0 Å². The van der Waals surface area contributed by atoms with Crippen LogP contribution in [0.4, 0.5) is 11.4 Å². The number of thioether (sulfide) groups is 1. The van der Waals surface area contributed by atoms with Gasteiger partial charge in [-0.3, -0.25) is 10.1 Å². The number of hydrogen-bond donors (Lipinski definition) is 1. The Labute approximate surface area is 207 Å². The van der Waals surface area contributed by atoms with Crippen LogP contribution in [0.5, 0.6) is 0 Å². The van der Waals surface area contributed by atoms with Crippen LogP contribution < -0.4 is 5.32 Å². The van der Waals surface area contributed by atoms with Crippen molar-refractivity contribution in [3.05, 3.63) is 112 Å². The summed E-state index contributed by atoms with van der Waals surface area (Å²) in [7, 11) is 0. The Balaban J connectivity index is 1.46. The van der Waals surface area contributed by atoms with E-state index in [-0.39, 0.29) is 39.1 Å². The normalized spacial score (nSPS) is 25.4. The van der Waals surface area contributed by atoms with Crippen LogP contribution in [-0.2, 0) is 0 Å². The molecule has 170 valence electrons. The summed E-state index contributed by atoms with van der Waals surface area (Å²) >= 11 is 8.85. The molecule has 1 N–H and O–H groups in total. The van der Waals surface area contributed by atoms with Gasteiger partial charge in [-0.15, -0.1) is 23.4 Å². The number of nitro benzene ring substituents is 1. The zero-order chi connectivity index (χ0) is 23.2. The van der Waals surface area contributed by atoms with Crippen molar-refractivity contribution in [2.24, 2.45) is 5.92 Å². The number of benzene rings is 4. The molecule has 0 amide bonds. The van der Waals surface area contributed by atoms with E-state index in [4.69, 9.17) is 11.6 Å². The van der Waals surface area contributed by atoms with E-state index >= 15 is 0 Å². The first-order chi connectivity index (χ1) is 16.6. The van der Waals surface area contributed by atoms with E-state index in [1.54, 1.807) is 23.9 Å². The highest BCUT2D eigenvalue weighted by Crippen LogP contribution is 2.59. The van der Waals surface area contributed by atoms with Crippen molar-refractivity contribution in [3.8, 4) is 0 Å². The standard InChI is InChI=1S/C28H23ClN2O2S/c29-27-24(34-23-13-7-6-12-22(23)31(32)33)16-20-26(27)25-19-11-5-4-8-17(19)14-15-21(25)30-28(20)18-9-2-1-3-10-18/h1-15,20,24,26-28,30H,16H2/t20-,24+,26-,27-,28-/m1/s1. The minimum atomic E-state index is -0.301. The maximum absolute atomic E-state index is 11.6. The molecule has 2 aliphatic rings. The molecule has 0 unspecified atom stereocenters. The molecule has 1 heterocycles. The van der Waals surface area contributed by atoms with Crippen LogP contribution in [0.1, 0.15) is 29.5 Å². The molecule has 5 atom stereocenters. The minimum Gasteiger partial charge on any atom is -0.378 e. The van der Waals surface area contributed by atoms with Crippen LogP contribution in [-0.4, -0.2) is 15.6 Å². The van der Waals surface area contributed by atoms with Crippen LogP contribution in [0.2, 0.25) is 0 Å². The number of nitrogens with zero attached hydrogens (tertiary/aromatic N) is 1. The predicted molar refractivity (Wildman–Crippen MR) is 140 cm³/mol. The lowest BCUT2D eigenvalue weighted by Gasteiger charge is -2.39. The Kier molecular flexibility index (Phi) is 5.47. The van der Waals surface area contributed by atoms with E-state index < -0.39 is 0 Å². The van der Waals surface area contributed by atoms with Crippen molar-refractivity contribution in [2.75, 3.05) is 5.32 Å². The number of nitrogens with one attached hydrogen (secondary N) is 1. The van der Waals surface area contributed by atoms with Gasteiger partial charge in [0.25, 0.3) is 5.69 Å². The van der Waals surface area contributed by atoms with Crippen molar-refractivity contribution in [3.63, 3.8) is 0 Å². The fourth-order valence-corrected chi connectivity index (χ4v) is 7.69. The zero-order valence-corrected chi connectivity index (χ0v) is 19.9. The van der Waals surface area contributed by atoms with Crippen LogP contribution in [0.25, 0.3) is 10.8 Å². The number of nitro groups is 1. The SMILES string of the molecule is O=[N+]([O-])c1ccccc1S[C@H]1C[C@@H]2[C@H](c3c(ccc4ccccc34)N[C@@H]2c2ccccc2)[C@@H]1Cl. The van der Waals surface area contributed by atoms with Gasteiger partial charge >= 0.3 is 0 Å². The number of alkyl halides is 1. The van der Waals surface area contributed by atoms with Gasteiger partial charge < -0.3 is 5.32 Å². The van der Waals surface area contributed by atoms with Crippen molar-refractivity contribution in [2.45, 2.75) is 33.9 Å². The first-order valence-electron chi connectivity index (χ1n) is 11.5. The Morgan fingerprint density at radius 1 is 0.912 bits per heavy atom. The monoisotopic (exact) mass is 486 g/mol. The third kappa shape index (κ3) is 3.55. The second kappa shape index (κ2) is 8.64. The molecule has 6 rings (SSSR count). The highest BCUT2D eigenvalue weighted by Gasteiger charge is 2.50. The highest BCUT2D eigenvalue weighted by molar-refractivity contribution is 8.00. The number of anilines is 1. The van der Waals surface area contributed by atoms with Gasteiger partial charge in [-0.25, -0.2) is 0 Å². The molecule has 6 heteroatoms. The lowest BCUT2D eigenvalue weighted by Crippen LogP contribution is -2.31. The molecule has 4 aromatic carbocycles. The summed E-state index contributed by atoms with van der Waals surface area (Å²) in [6, 6.07) is 30.5. The largest absolute Gasteiger partial charge is 0.378 e. The van der Waals surface area contributed by atoms with Crippen molar-refractivity contribution in [1.82, 2.24) is 0 Å². The van der Waals surface area contributed by atoms with Gasteiger partial charge in [0, 0.05) is 22.9 Å². The predicted octanol–water partition coefficient (Wildman–Crippen LogP) is 7.79.